The van der Waals surface area contributed by atoms with Crippen LogP contribution in [0.25, 0.3) is 0 Å². The molecule has 0 bridgehead atoms. The predicted molar refractivity (Wildman–Crippen MR) is 57.7 cm³/mol. The molecule has 82 valence electrons. The van der Waals surface area contributed by atoms with E-state index in [0.717, 1.165) is 24.8 Å². The fraction of sp³-hybridized carbons (Fsp3) is 0.455. The number of nitrogens with two attached hydrogens (primary N) is 1. The minimum atomic E-state index is -0.520. The highest BCUT2D eigenvalue weighted by Gasteiger charge is 2.37. The van der Waals surface area contributed by atoms with Crippen molar-refractivity contribution < 1.29 is 9.13 Å². The van der Waals surface area contributed by atoms with Crippen LogP contribution in [-0.4, -0.2) is 7.11 Å². The Kier molecular flexibility index (Phi) is 2.61. The maximum absolute atomic E-state index is 13.6. The zero-order valence-electron chi connectivity index (χ0n) is 8.52. The third-order valence-corrected chi connectivity index (χ3v) is 3.33. The van der Waals surface area contributed by atoms with Gasteiger partial charge >= 0.3 is 0 Å². The molecule has 0 aromatic heterocycles. The quantitative estimate of drug-likeness (QED) is 0.847. The molecule has 0 aliphatic heterocycles. The van der Waals surface area contributed by atoms with E-state index >= 15 is 0 Å². The molecule has 1 saturated carbocycles. The monoisotopic (exact) mass is 229 g/mol. The molecule has 2 N–H and O–H groups in total. The van der Waals surface area contributed by atoms with Gasteiger partial charge in [0.25, 0.3) is 0 Å². The Morgan fingerprint density at radius 2 is 2.13 bits per heavy atom. The number of hydrogen-bond acceptors (Lipinski definition) is 2. The second-order valence-electron chi connectivity index (χ2n) is 3.95. The highest BCUT2D eigenvalue weighted by molar-refractivity contribution is 6.30. The van der Waals surface area contributed by atoms with Gasteiger partial charge in [0.15, 0.2) is 11.6 Å². The zero-order valence-corrected chi connectivity index (χ0v) is 9.27. The summed E-state index contributed by atoms with van der Waals surface area (Å²) in [5.41, 5.74) is 6.42. The second kappa shape index (κ2) is 3.65. The molecule has 15 heavy (non-hydrogen) atoms. The van der Waals surface area contributed by atoms with Crippen molar-refractivity contribution >= 4 is 11.6 Å². The SMILES string of the molecule is COc1c(C2(N)CCC2)ccc(Cl)c1F. The normalized spacial score (nSPS) is 18.4. The molecule has 4 heteroatoms. The Hall–Kier alpha value is -0.800. The van der Waals surface area contributed by atoms with Gasteiger partial charge in [0.05, 0.1) is 12.1 Å². The summed E-state index contributed by atoms with van der Waals surface area (Å²) < 4.78 is 18.7. The molecule has 1 aromatic carbocycles. The lowest BCUT2D eigenvalue weighted by Gasteiger charge is -2.39. The Balaban J connectivity index is 2.52. The molecule has 0 amide bonds. The summed E-state index contributed by atoms with van der Waals surface area (Å²) in [5, 5.41) is 0.0681. The smallest absolute Gasteiger partial charge is 0.183 e. The summed E-state index contributed by atoms with van der Waals surface area (Å²) in [5.74, 6) is -0.335. The fourth-order valence-electron chi connectivity index (χ4n) is 1.95. The van der Waals surface area contributed by atoms with E-state index in [-0.39, 0.29) is 10.8 Å². The van der Waals surface area contributed by atoms with Gasteiger partial charge in [-0.1, -0.05) is 17.7 Å². The summed E-state index contributed by atoms with van der Waals surface area (Å²) in [7, 11) is 1.43. The van der Waals surface area contributed by atoms with Crippen LogP contribution in [0.4, 0.5) is 4.39 Å². The van der Waals surface area contributed by atoms with Crippen molar-refractivity contribution in [1.82, 2.24) is 0 Å². The minimum absolute atomic E-state index is 0.0681. The van der Waals surface area contributed by atoms with Gasteiger partial charge in [-0.2, -0.15) is 0 Å². The van der Waals surface area contributed by atoms with E-state index in [1.807, 2.05) is 0 Å². The van der Waals surface area contributed by atoms with E-state index in [1.54, 1.807) is 6.07 Å². The number of ether oxygens (including phenoxy) is 1. The summed E-state index contributed by atoms with van der Waals surface area (Å²) >= 11 is 5.68. The number of benzene rings is 1. The van der Waals surface area contributed by atoms with Crippen molar-refractivity contribution in [2.24, 2.45) is 5.73 Å². The first-order valence-corrected chi connectivity index (χ1v) is 5.27. The maximum atomic E-state index is 13.6. The van der Waals surface area contributed by atoms with Gasteiger partial charge in [-0.05, 0) is 25.3 Å². The molecule has 0 atom stereocenters. The van der Waals surface area contributed by atoms with E-state index < -0.39 is 11.4 Å². The van der Waals surface area contributed by atoms with E-state index in [4.69, 9.17) is 22.1 Å². The molecule has 0 radical (unpaired) electrons. The molecular weight excluding hydrogens is 217 g/mol. The lowest BCUT2D eigenvalue weighted by Crippen LogP contribution is -2.43. The highest BCUT2D eigenvalue weighted by Crippen LogP contribution is 2.44. The van der Waals surface area contributed by atoms with Crippen molar-refractivity contribution in [1.29, 1.82) is 0 Å². The van der Waals surface area contributed by atoms with Crippen LogP contribution in [0, 0.1) is 5.82 Å². The largest absolute Gasteiger partial charge is 0.493 e. The van der Waals surface area contributed by atoms with E-state index in [2.05, 4.69) is 0 Å². The number of methoxy groups -OCH3 is 1. The highest BCUT2D eigenvalue weighted by atomic mass is 35.5. The van der Waals surface area contributed by atoms with Crippen molar-refractivity contribution in [3.63, 3.8) is 0 Å². The van der Waals surface area contributed by atoms with Crippen LogP contribution in [0.3, 0.4) is 0 Å². The molecule has 0 saturated heterocycles. The Morgan fingerprint density at radius 3 is 2.60 bits per heavy atom. The molecule has 0 heterocycles. The van der Waals surface area contributed by atoms with Gasteiger partial charge < -0.3 is 10.5 Å². The van der Waals surface area contributed by atoms with Crippen molar-refractivity contribution in [2.75, 3.05) is 7.11 Å². The molecular formula is C11H13ClFNO. The first-order valence-electron chi connectivity index (χ1n) is 4.90. The zero-order chi connectivity index (χ0) is 11.1. The number of rotatable bonds is 2. The Labute approximate surface area is 93.2 Å². The van der Waals surface area contributed by atoms with Gasteiger partial charge in [0.1, 0.15) is 0 Å². The van der Waals surface area contributed by atoms with Crippen molar-refractivity contribution in [3.8, 4) is 5.75 Å². The fourth-order valence-corrected chi connectivity index (χ4v) is 2.10. The summed E-state index contributed by atoms with van der Waals surface area (Å²) in [6.45, 7) is 0. The van der Waals surface area contributed by atoms with Crippen LogP contribution in [0.5, 0.6) is 5.75 Å². The summed E-state index contributed by atoms with van der Waals surface area (Å²) in [6.07, 6.45) is 2.80. The van der Waals surface area contributed by atoms with Crippen molar-refractivity contribution in [2.45, 2.75) is 24.8 Å². The molecule has 1 aliphatic carbocycles. The Bertz CT molecular complexity index is 390. The third-order valence-electron chi connectivity index (χ3n) is 3.04. The topological polar surface area (TPSA) is 35.2 Å². The maximum Gasteiger partial charge on any atom is 0.183 e. The first-order chi connectivity index (χ1) is 7.08. The van der Waals surface area contributed by atoms with Gasteiger partial charge in [-0.15, -0.1) is 0 Å². The number of halogens is 2. The first kappa shape index (κ1) is 10.7. The van der Waals surface area contributed by atoms with Crippen LogP contribution in [0.2, 0.25) is 5.02 Å². The average Bonchev–Trinajstić information content (AvgIpc) is 2.18. The van der Waals surface area contributed by atoms with Gasteiger partial charge in [-0.3, -0.25) is 0 Å². The van der Waals surface area contributed by atoms with E-state index in [0.29, 0.717) is 0 Å². The van der Waals surface area contributed by atoms with E-state index in [1.165, 1.54) is 13.2 Å². The van der Waals surface area contributed by atoms with E-state index in [9.17, 15) is 4.39 Å². The van der Waals surface area contributed by atoms with Crippen LogP contribution < -0.4 is 10.5 Å². The van der Waals surface area contributed by atoms with Crippen LogP contribution in [-0.2, 0) is 5.54 Å². The molecule has 1 fully saturated rings. The Morgan fingerprint density at radius 1 is 1.47 bits per heavy atom. The van der Waals surface area contributed by atoms with Gasteiger partial charge in [0.2, 0.25) is 0 Å². The van der Waals surface area contributed by atoms with Crippen LogP contribution >= 0.6 is 11.6 Å². The standard InChI is InChI=1S/C11H13ClFNO/c1-15-10-7(11(14)5-2-6-11)3-4-8(12)9(10)13/h3-4H,2,5-6,14H2,1H3. The molecule has 0 unspecified atom stereocenters. The van der Waals surface area contributed by atoms with Crippen LogP contribution in [0.1, 0.15) is 24.8 Å². The summed E-state index contributed by atoms with van der Waals surface area (Å²) in [6, 6.07) is 3.28. The second-order valence-corrected chi connectivity index (χ2v) is 4.36. The molecule has 1 aliphatic rings. The van der Waals surface area contributed by atoms with Crippen molar-refractivity contribution in [3.05, 3.63) is 28.5 Å². The van der Waals surface area contributed by atoms with Gasteiger partial charge in [0, 0.05) is 11.1 Å². The molecule has 1 aromatic rings. The van der Waals surface area contributed by atoms with Crippen LogP contribution in [0.15, 0.2) is 12.1 Å². The lowest BCUT2D eigenvalue weighted by molar-refractivity contribution is 0.241. The predicted octanol–water partition coefficient (Wildman–Crippen LogP) is 2.83. The molecule has 2 nitrogen and oxygen atoms in total. The minimum Gasteiger partial charge on any atom is -0.493 e. The summed E-state index contributed by atoms with van der Waals surface area (Å²) in [4.78, 5) is 0. The molecule has 2 rings (SSSR count). The van der Waals surface area contributed by atoms with Gasteiger partial charge in [-0.25, -0.2) is 4.39 Å². The lowest BCUT2D eigenvalue weighted by atomic mass is 9.72. The average molecular weight is 230 g/mol. The number of hydrogen-bond donors (Lipinski definition) is 1. The third kappa shape index (κ3) is 1.60. The molecule has 0 spiro atoms.